The molecule has 2 heterocycles. The molecule has 0 amide bonds. The molecule has 2 aromatic carbocycles. The van der Waals surface area contributed by atoms with E-state index in [0.717, 1.165) is 21.1 Å². The Bertz CT molecular complexity index is 1090. The highest BCUT2D eigenvalue weighted by Gasteiger charge is 2.18. The number of rotatable bonds is 5. The standard InChI is InChI=1S/C19H15BrN4O2S/c1-27(25)19-22-21-11-15-10-17(23-24(15)19)16-8-7-14(20)9-18(16)26-12-13-5-3-2-4-6-13/h2-11H,12H2,1H3. The predicted octanol–water partition coefficient (Wildman–Crippen LogP) is 3.87. The molecule has 1 unspecified atom stereocenters. The van der Waals surface area contributed by atoms with Gasteiger partial charge < -0.3 is 9.29 Å². The molecular formula is C19H15BrN4O2S. The smallest absolute Gasteiger partial charge is 0.362 e. The van der Waals surface area contributed by atoms with Crippen LogP contribution in [0.4, 0.5) is 0 Å². The summed E-state index contributed by atoms with van der Waals surface area (Å²) in [5.74, 6) is 0.705. The second-order valence-electron chi connectivity index (χ2n) is 5.86. The molecule has 0 fully saturated rings. The minimum atomic E-state index is -1.30. The van der Waals surface area contributed by atoms with Gasteiger partial charge in [0, 0.05) is 21.2 Å². The molecule has 0 spiro atoms. The maximum atomic E-state index is 11.9. The van der Waals surface area contributed by atoms with Crippen molar-refractivity contribution in [3.8, 4) is 17.0 Å². The average Bonchev–Trinajstić information content (AvgIpc) is 3.11. The summed E-state index contributed by atoms with van der Waals surface area (Å²) in [7, 11) is 0. The average molecular weight is 443 g/mol. The molecule has 0 aliphatic carbocycles. The van der Waals surface area contributed by atoms with Crippen LogP contribution in [0.2, 0.25) is 0 Å². The Hall–Kier alpha value is -2.42. The van der Waals surface area contributed by atoms with Crippen LogP contribution in [-0.2, 0) is 17.8 Å². The first-order valence-corrected chi connectivity index (χ1v) is 10.5. The van der Waals surface area contributed by atoms with Gasteiger partial charge in [-0.3, -0.25) is 0 Å². The summed E-state index contributed by atoms with van der Waals surface area (Å²) >= 11 is 2.20. The van der Waals surface area contributed by atoms with E-state index in [9.17, 15) is 4.55 Å². The van der Waals surface area contributed by atoms with Crippen molar-refractivity contribution < 1.29 is 9.29 Å². The van der Waals surface area contributed by atoms with E-state index in [1.54, 1.807) is 17.0 Å². The lowest BCUT2D eigenvalue weighted by atomic mass is 10.1. The highest BCUT2D eigenvalue weighted by Crippen LogP contribution is 2.33. The number of halogens is 1. The molecule has 4 aromatic rings. The van der Waals surface area contributed by atoms with Crippen molar-refractivity contribution in [2.24, 2.45) is 0 Å². The van der Waals surface area contributed by atoms with E-state index >= 15 is 0 Å². The van der Waals surface area contributed by atoms with Crippen LogP contribution in [-0.4, -0.2) is 30.6 Å². The number of benzene rings is 2. The second kappa shape index (κ2) is 7.67. The van der Waals surface area contributed by atoms with E-state index in [2.05, 4.69) is 31.2 Å². The van der Waals surface area contributed by atoms with Crippen LogP contribution in [0.5, 0.6) is 5.75 Å². The van der Waals surface area contributed by atoms with Crippen LogP contribution in [0.1, 0.15) is 5.56 Å². The molecule has 0 saturated carbocycles. The van der Waals surface area contributed by atoms with E-state index in [1.165, 1.54) is 0 Å². The van der Waals surface area contributed by atoms with Gasteiger partial charge in [-0.05, 0) is 29.8 Å². The van der Waals surface area contributed by atoms with Gasteiger partial charge in [-0.25, -0.2) is 0 Å². The first kappa shape index (κ1) is 18.0. The first-order valence-electron chi connectivity index (χ1n) is 8.13. The lowest BCUT2D eigenvalue weighted by Crippen LogP contribution is -2.10. The normalized spacial score (nSPS) is 12.3. The minimum absolute atomic E-state index is 0.308. The lowest BCUT2D eigenvalue weighted by molar-refractivity contribution is 0.307. The van der Waals surface area contributed by atoms with Gasteiger partial charge in [0.1, 0.15) is 18.6 Å². The molecule has 27 heavy (non-hydrogen) atoms. The molecule has 136 valence electrons. The summed E-state index contributed by atoms with van der Waals surface area (Å²) in [4.78, 5) is 0. The van der Waals surface area contributed by atoms with Crippen molar-refractivity contribution in [3.63, 3.8) is 0 Å². The van der Waals surface area contributed by atoms with Crippen LogP contribution < -0.4 is 4.74 Å². The molecule has 6 nitrogen and oxygen atoms in total. The molecule has 0 saturated heterocycles. The summed E-state index contributed by atoms with van der Waals surface area (Å²) in [5.41, 5.74) is 3.34. The highest BCUT2D eigenvalue weighted by molar-refractivity contribution is 9.10. The van der Waals surface area contributed by atoms with Crippen molar-refractivity contribution in [2.75, 3.05) is 6.26 Å². The largest absolute Gasteiger partial charge is 0.609 e. The molecule has 0 radical (unpaired) electrons. The fourth-order valence-electron chi connectivity index (χ4n) is 2.69. The Balaban J connectivity index is 1.73. The molecule has 4 rings (SSSR count). The van der Waals surface area contributed by atoms with Crippen LogP contribution in [0.25, 0.3) is 16.8 Å². The van der Waals surface area contributed by atoms with E-state index in [1.807, 2.05) is 54.6 Å². The molecule has 8 heteroatoms. The van der Waals surface area contributed by atoms with E-state index < -0.39 is 11.2 Å². The van der Waals surface area contributed by atoms with Crippen LogP contribution in [0.15, 0.2) is 70.4 Å². The molecule has 0 N–H and O–H groups in total. The van der Waals surface area contributed by atoms with E-state index in [4.69, 9.17) is 4.74 Å². The van der Waals surface area contributed by atoms with Crippen molar-refractivity contribution in [3.05, 3.63) is 70.8 Å². The lowest BCUT2D eigenvalue weighted by Gasteiger charge is -2.11. The molecule has 0 bridgehead atoms. The van der Waals surface area contributed by atoms with Crippen LogP contribution >= 0.6 is 15.9 Å². The van der Waals surface area contributed by atoms with Crippen molar-refractivity contribution in [2.45, 2.75) is 11.8 Å². The monoisotopic (exact) mass is 442 g/mol. The Kier molecular flexibility index (Phi) is 5.11. The minimum Gasteiger partial charge on any atom is -0.609 e. The van der Waals surface area contributed by atoms with Crippen LogP contribution in [0, 0.1) is 0 Å². The zero-order valence-electron chi connectivity index (χ0n) is 14.4. The molecule has 2 aromatic heterocycles. The van der Waals surface area contributed by atoms with Crippen LogP contribution in [0.3, 0.4) is 0 Å². The van der Waals surface area contributed by atoms with Crippen molar-refractivity contribution >= 4 is 32.6 Å². The first-order chi connectivity index (χ1) is 13.1. The van der Waals surface area contributed by atoms with Gasteiger partial charge in [-0.2, -0.15) is 14.7 Å². The summed E-state index contributed by atoms with van der Waals surface area (Å²) in [6.07, 6.45) is 3.15. The van der Waals surface area contributed by atoms with Crippen molar-refractivity contribution in [1.82, 2.24) is 19.8 Å². The number of hydrogen-bond acceptors (Lipinski definition) is 5. The number of nitrogens with zero attached hydrogens (tertiary/aromatic N) is 4. The quantitative estimate of drug-likeness (QED) is 0.438. The maximum Gasteiger partial charge on any atom is 0.362 e. The van der Waals surface area contributed by atoms with Gasteiger partial charge >= 0.3 is 5.16 Å². The Morgan fingerprint density at radius 3 is 2.74 bits per heavy atom. The number of aromatic nitrogens is 4. The van der Waals surface area contributed by atoms with E-state index in [-0.39, 0.29) is 0 Å². The molecule has 0 aliphatic heterocycles. The zero-order chi connectivity index (χ0) is 18.8. The number of fused-ring (bicyclic) bond motifs is 1. The van der Waals surface area contributed by atoms with Gasteiger partial charge in [0.2, 0.25) is 0 Å². The van der Waals surface area contributed by atoms with E-state index in [0.29, 0.717) is 23.2 Å². The number of hydrogen-bond donors (Lipinski definition) is 0. The van der Waals surface area contributed by atoms with Crippen molar-refractivity contribution in [1.29, 1.82) is 0 Å². The molecular weight excluding hydrogens is 428 g/mol. The third-order valence-corrected chi connectivity index (χ3v) is 5.23. The maximum absolute atomic E-state index is 11.9. The molecule has 1 atom stereocenters. The fourth-order valence-corrected chi connectivity index (χ4v) is 3.59. The van der Waals surface area contributed by atoms with Gasteiger partial charge in [0.15, 0.2) is 0 Å². The Morgan fingerprint density at radius 2 is 1.96 bits per heavy atom. The number of ether oxygens (including phenoxy) is 1. The zero-order valence-corrected chi connectivity index (χ0v) is 16.8. The summed E-state index contributed by atoms with van der Waals surface area (Å²) in [6, 6.07) is 17.6. The Morgan fingerprint density at radius 1 is 1.15 bits per heavy atom. The van der Waals surface area contributed by atoms with Gasteiger partial charge in [-0.1, -0.05) is 51.4 Å². The Labute approximate surface area is 167 Å². The third kappa shape index (κ3) is 3.83. The second-order valence-corrected chi connectivity index (χ2v) is 8.05. The predicted molar refractivity (Wildman–Crippen MR) is 107 cm³/mol. The van der Waals surface area contributed by atoms with Gasteiger partial charge in [-0.15, -0.1) is 0 Å². The summed E-state index contributed by atoms with van der Waals surface area (Å²) < 4.78 is 20.4. The topological polar surface area (TPSA) is 75.4 Å². The summed E-state index contributed by atoms with van der Waals surface area (Å²) in [6.45, 7) is 0.449. The third-order valence-electron chi connectivity index (χ3n) is 3.97. The SMILES string of the molecule is C[S+]([O-])c1nncc2cc(-c3ccc(Br)cc3OCc3ccccc3)nn12. The van der Waals surface area contributed by atoms with Gasteiger partial charge in [0.05, 0.1) is 17.4 Å². The highest BCUT2D eigenvalue weighted by atomic mass is 79.9. The van der Waals surface area contributed by atoms with Gasteiger partial charge in [0.25, 0.3) is 0 Å². The molecule has 0 aliphatic rings. The fraction of sp³-hybridized carbons (Fsp3) is 0.105. The summed E-state index contributed by atoms with van der Waals surface area (Å²) in [5, 5.41) is 12.7.